The average Bonchev–Trinajstić information content (AvgIpc) is 2.40. The van der Waals surface area contributed by atoms with Gasteiger partial charge in [0, 0.05) is 39.5 Å². The minimum atomic E-state index is 0.820. The van der Waals surface area contributed by atoms with E-state index < -0.39 is 0 Å². The average molecular weight is 250 g/mol. The zero-order valence-electron chi connectivity index (χ0n) is 11.9. The topological polar surface area (TPSA) is 24.5 Å². The normalized spacial score (nSPS) is 10.6. The number of nitrogens with zero attached hydrogens (tertiary/aromatic N) is 1. The molecule has 102 valence electrons. The standard InChI is InChI=1S/C15H26N2O/c1-4-10-16-13-14-8-5-6-9-15(14)17(2)11-7-12-18-3/h5-6,8-9,16H,4,7,10-13H2,1-3H3. The summed E-state index contributed by atoms with van der Waals surface area (Å²) in [5.41, 5.74) is 2.68. The van der Waals surface area contributed by atoms with Crippen molar-refractivity contribution in [3.8, 4) is 0 Å². The zero-order chi connectivity index (χ0) is 13.2. The third kappa shape index (κ3) is 5.07. The van der Waals surface area contributed by atoms with E-state index in [4.69, 9.17) is 4.74 Å². The Morgan fingerprint density at radius 2 is 2.06 bits per heavy atom. The van der Waals surface area contributed by atoms with Gasteiger partial charge in [-0.05, 0) is 31.0 Å². The quantitative estimate of drug-likeness (QED) is 0.682. The molecule has 0 amide bonds. The Morgan fingerprint density at radius 1 is 1.28 bits per heavy atom. The molecule has 0 atom stereocenters. The largest absolute Gasteiger partial charge is 0.385 e. The number of benzene rings is 1. The van der Waals surface area contributed by atoms with E-state index in [0.717, 1.165) is 32.7 Å². The van der Waals surface area contributed by atoms with Gasteiger partial charge in [-0.15, -0.1) is 0 Å². The molecule has 3 heteroatoms. The molecular formula is C15H26N2O. The van der Waals surface area contributed by atoms with Gasteiger partial charge < -0.3 is 15.0 Å². The Kier molecular flexibility index (Phi) is 7.46. The van der Waals surface area contributed by atoms with Crippen molar-refractivity contribution in [2.45, 2.75) is 26.3 Å². The number of para-hydroxylation sites is 1. The highest BCUT2D eigenvalue weighted by molar-refractivity contribution is 5.52. The second kappa shape index (κ2) is 8.95. The van der Waals surface area contributed by atoms with Crippen LogP contribution in [0.5, 0.6) is 0 Å². The Morgan fingerprint density at radius 3 is 2.78 bits per heavy atom. The van der Waals surface area contributed by atoms with Crippen molar-refractivity contribution in [1.29, 1.82) is 0 Å². The highest BCUT2D eigenvalue weighted by Crippen LogP contribution is 2.19. The van der Waals surface area contributed by atoms with Gasteiger partial charge in [0.15, 0.2) is 0 Å². The molecule has 0 heterocycles. The maximum absolute atomic E-state index is 5.10. The van der Waals surface area contributed by atoms with E-state index in [2.05, 4.69) is 48.5 Å². The van der Waals surface area contributed by atoms with Crippen LogP contribution in [-0.2, 0) is 11.3 Å². The third-order valence-corrected chi connectivity index (χ3v) is 2.99. The Bertz CT molecular complexity index is 328. The minimum absolute atomic E-state index is 0.820. The summed E-state index contributed by atoms with van der Waals surface area (Å²) >= 11 is 0. The zero-order valence-corrected chi connectivity index (χ0v) is 11.9. The highest BCUT2D eigenvalue weighted by atomic mass is 16.5. The van der Waals surface area contributed by atoms with Crippen LogP contribution in [0.15, 0.2) is 24.3 Å². The summed E-state index contributed by atoms with van der Waals surface area (Å²) in [4.78, 5) is 2.31. The summed E-state index contributed by atoms with van der Waals surface area (Å²) in [5.74, 6) is 0. The first-order chi connectivity index (χ1) is 8.79. The van der Waals surface area contributed by atoms with Gasteiger partial charge >= 0.3 is 0 Å². The lowest BCUT2D eigenvalue weighted by atomic mass is 10.1. The van der Waals surface area contributed by atoms with Gasteiger partial charge in [-0.25, -0.2) is 0 Å². The summed E-state index contributed by atoms with van der Waals surface area (Å²) in [6.07, 6.45) is 2.23. The molecule has 0 saturated carbocycles. The molecule has 0 aliphatic rings. The van der Waals surface area contributed by atoms with Crippen molar-refractivity contribution in [1.82, 2.24) is 5.32 Å². The molecule has 1 rings (SSSR count). The van der Waals surface area contributed by atoms with Gasteiger partial charge in [-0.3, -0.25) is 0 Å². The molecular weight excluding hydrogens is 224 g/mol. The number of rotatable bonds is 9. The van der Waals surface area contributed by atoms with Crippen LogP contribution >= 0.6 is 0 Å². The van der Waals surface area contributed by atoms with E-state index in [1.165, 1.54) is 17.7 Å². The van der Waals surface area contributed by atoms with Crippen LogP contribution in [0.25, 0.3) is 0 Å². The molecule has 0 aromatic heterocycles. The highest BCUT2D eigenvalue weighted by Gasteiger charge is 2.05. The first-order valence-electron chi connectivity index (χ1n) is 6.78. The van der Waals surface area contributed by atoms with Crippen LogP contribution in [-0.4, -0.2) is 33.9 Å². The van der Waals surface area contributed by atoms with Crippen molar-refractivity contribution < 1.29 is 4.74 Å². The van der Waals surface area contributed by atoms with Gasteiger partial charge in [0.05, 0.1) is 0 Å². The lowest BCUT2D eigenvalue weighted by molar-refractivity contribution is 0.196. The SMILES string of the molecule is CCCNCc1ccccc1N(C)CCCOC. The fourth-order valence-corrected chi connectivity index (χ4v) is 2.00. The molecule has 0 bridgehead atoms. The van der Waals surface area contributed by atoms with Crippen molar-refractivity contribution in [3.63, 3.8) is 0 Å². The molecule has 0 saturated heterocycles. The van der Waals surface area contributed by atoms with Crippen molar-refractivity contribution in [2.24, 2.45) is 0 Å². The van der Waals surface area contributed by atoms with E-state index in [0.29, 0.717) is 0 Å². The first kappa shape index (κ1) is 15.0. The van der Waals surface area contributed by atoms with E-state index in [1.54, 1.807) is 7.11 Å². The summed E-state index contributed by atoms with van der Waals surface area (Å²) in [7, 11) is 3.90. The molecule has 0 aliphatic heterocycles. The van der Waals surface area contributed by atoms with Gasteiger partial charge in [0.2, 0.25) is 0 Å². The lowest BCUT2D eigenvalue weighted by Gasteiger charge is -2.22. The number of nitrogens with one attached hydrogen (secondary N) is 1. The van der Waals surface area contributed by atoms with Crippen LogP contribution in [0.1, 0.15) is 25.3 Å². The molecule has 0 aliphatic carbocycles. The fraction of sp³-hybridized carbons (Fsp3) is 0.600. The molecule has 1 aromatic carbocycles. The molecule has 18 heavy (non-hydrogen) atoms. The van der Waals surface area contributed by atoms with Crippen molar-refractivity contribution in [3.05, 3.63) is 29.8 Å². The maximum atomic E-state index is 5.10. The Balaban J connectivity index is 2.56. The second-order valence-corrected chi connectivity index (χ2v) is 4.57. The number of methoxy groups -OCH3 is 1. The maximum Gasteiger partial charge on any atom is 0.0479 e. The summed E-state index contributed by atoms with van der Waals surface area (Å²) in [6, 6.07) is 8.60. The smallest absolute Gasteiger partial charge is 0.0479 e. The molecule has 0 unspecified atom stereocenters. The van der Waals surface area contributed by atoms with Crippen LogP contribution < -0.4 is 10.2 Å². The fourth-order valence-electron chi connectivity index (χ4n) is 2.00. The minimum Gasteiger partial charge on any atom is -0.385 e. The van der Waals surface area contributed by atoms with E-state index >= 15 is 0 Å². The van der Waals surface area contributed by atoms with Crippen LogP contribution in [0, 0.1) is 0 Å². The van der Waals surface area contributed by atoms with Crippen LogP contribution in [0.4, 0.5) is 5.69 Å². The Labute approximate surface area is 111 Å². The van der Waals surface area contributed by atoms with E-state index in [9.17, 15) is 0 Å². The van der Waals surface area contributed by atoms with Crippen LogP contribution in [0.3, 0.4) is 0 Å². The summed E-state index contributed by atoms with van der Waals surface area (Å²) in [5, 5.41) is 3.46. The predicted molar refractivity (Wildman–Crippen MR) is 78.2 cm³/mol. The van der Waals surface area contributed by atoms with Gasteiger partial charge in [-0.1, -0.05) is 25.1 Å². The molecule has 3 nitrogen and oxygen atoms in total. The summed E-state index contributed by atoms with van der Waals surface area (Å²) < 4.78 is 5.10. The van der Waals surface area contributed by atoms with E-state index in [1.807, 2.05) is 0 Å². The van der Waals surface area contributed by atoms with Crippen LogP contribution in [0.2, 0.25) is 0 Å². The van der Waals surface area contributed by atoms with Gasteiger partial charge in [0.25, 0.3) is 0 Å². The number of hydrogen-bond donors (Lipinski definition) is 1. The number of hydrogen-bond acceptors (Lipinski definition) is 3. The second-order valence-electron chi connectivity index (χ2n) is 4.57. The van der Waals surface area contributed by atoms with Crippen molar-refractivity contribution in [2.75, 3.05) is 38.8 Å². The van der Waals surface area contributed by atoms with E-state index in [-0.39, 0.29) is 0 Å². The Hall–Kier alpha value is -1.06. The van der Waals surface area contributed by atoms with Crippen molar-refractivity contribution >= 4 is 5.69 Å². The van der Waals surface area contributed by atoms with Gasteiger partial charge in [-0.2, -0.15) is 0 Å². The molecule has 0 spiro atoms. The number of anilines is 1. The van der Waals surface area contributed by atoms with Gasteiger partial charge in [0.1, 0.15) is 0 Å². The molecule has 1 N–H and O–H groups in total. The third-order valence-electron chi connectivity index (χ3n) is 2.99. The lowest BCUT2D eigenvalue weighted by Crippen LogP contribution is -2.23. The summed E-state index contributed by atoms with van der Waals surface area (Å²) in [6.45, 7) is 6.05. The molecule has 1 aromatic rings. The monoisotopic (exact) mass is 250 g/mol. The molecule has 0 radical (unpaired) electrons. The number of ether oxygens (including phenoxy) is 1. The first-order valence-corrected chi connectivity index (χ1v) is 6.78. The molecule has 0 fully saturated rings. The predicted octanol–water partition coefficient (Wildman–Crippen LogP) is 2.66.